The Morgan fingerprint density at radius 1 is 0.688 bits per heavy atom. The minimum absolute atomic E-state index is 0.163. The van der Waals surface area contributed by atoms with Gasteiger partial charge in [-0.2, -0.15) is 0 Å². The van der Waals surface area contributed by atoms with Crippen LogP contribution in [0.1, 0.15) is 23.3 Å². The predicted octanol–water partition coefficient (Wildman–Crippen LogP) is 4.52. The lowest BCUT2D eigenvalue weighted by molar-refractivity contribution is -0.149. The summed E-state index contributed by atoms with van der Waals surface area (Å²) in [6.07, 6.45) is 4.07. The number of esters is 2. The first-order chi connectivity index (χ1) is 15.6. The van der Waals surface area contributed by atoms with Crippen molar-refractivity contribution < 1.29 is 28.5 Å². The van der Waals surface area contributed by atoms with Gasteiger partial charge in [-0.25, -0.2) is 9.59 Å². The minimum Gasteiger partial charge on any atom is -0.452 e. The summed E-state index contributed by atoms with van der Waals surface area (Å²) in [5, 5.41) is 0. The highest BCUT2D eigenvalue weighted by Crippen LogP contribution is 2.19. The maximum Gasteiger partial charge on any atom is 0.331 e. The van der Waals surface area contributed by atoms with Crippen molar-refractivity contribution in [1.29, 1.82) is 0 Å². The van der Waals surface area contributed by atoms with Gasteiger partial charge in [0.05, 0.1) is 26.4 Å². The first-order valence-electron chi connectivity index (χ1n) is 10.2. The van der Waals surface area contributed by atoms with Gasteiger partial charge in [0.1, 0.15) is 0 Å². The van der Waals surface area contributed by atoms with Crippen molar-refractivity contribution >= 4 is 11.9 Å². The van der Waals surface area contributed by atoms with Gasteiger partial charge >= 0.3 is 11.9 Å². The molecule has 6 nitrogen and oxygen atoms in total. The lowest BCUT2D eigenvalue weighted by atomic mass is 10.1. The molecule has 32 heavy (non-hydrogen) atoms. The van der Waals surface area contributed by atoms with Crippen LogP contribution in [0.2, 0.25) is 0 Å². The molecule has 2 rings (SSSR count). The van der Waals surface area contributed by atoms with Gasteiger partial charge in [0.2, 0.25) is 0 Å². The maximum absolute atomic E-state index is 12.3. The molecule has 0 amide bonds. The van der Waals surface area contributed by atoms with E-state index in [9.17, 15) is 9.59 Å². The number of carbonyl (C=O) groups excluding carboxylic acids is 2. The number of benzene rings is 2. The summed E-state index contributed by atoms with van der Waals surface area (Å²) in [4.78, 5) is 24.6. The monoisotopic (exact) mass is 436 g/mol. The summed E-state index contributed by atoms with van der Waals surface area (Å²) >= 11 is 0. The van der Waals surface area contributed by atoms with Crippen LogP contribution in [0.25, 0.3) is 0 Å². The van der Waals surface area contributed by atoms with Crippen LogP contribution in [0.4, 0.5) is 0 Å². The van der Waals surface area contributed by atoms with E-state index in [-0.39, 0.29) is 13.2 Å². The van der Waals surface area contributed by atoms with E-state index in [0.29, 0.717) is 13.2 Å². The van der Waals surface area contributed by atoms with Crippen molar-refractivity contribution in [3.05, 3.63) is 109 Å². The largest absolute Gasteiger partial charge is 0.452 e. The molecule has 168 valence electrons. The number of hydrogen-bond acceptors (Lipinski definition) is 6. The average molecular weight is 437 g/mol. The van der Waals surface area contributed by atoms with Gasteiger partial charge < -0.3 is 18.9 Å². The average Bonchev–Trinajstić information content (AvgIpc) is 2.83. The summed E-state index contributed by atoms with van der Waals surface area (Å²) in [6, 6.07) is 18.4. The number of carbonyl (C=O) groups is 2. The summed E-state index contributed by atoms with van der Waals surface area (Å²) in [5.74, 6) is -1.37. The van der Waals surface area contributed by atoms with Crippen LogP contribution in [0.5, 0.6) is 0 Å². The Morgan fingerprint density at radius 3 is 1.41 bits per heavy atom. The van der Waals surface area contributed by atoms with E-state index in [1.54, 1.807) is 12.2 Å². The standard InChI is InChI=1S/C26H28O6/c1-3-17-29-19-23(21-11-7-5-8-12-21)31-25(27)15-16-26(28)32-24(20-30-18-4-2)22-13-9-6-10-14-22/h3-16,23-24H,1-2,17-20H2. The van der Waals surface area contributed by atoms with Gasteiger partial charge in [-0.05, 0) is 11.1 Å². The fourth-order valence-electron chi connectivity index (χ4n) is 2.74. The third-order valence-corrected chi connectivity index (χ3v) is 4.22. The van der Waals surface area contributed by atoms with Crippen LogP contribution < -0.4 is 0 Å². The van der Waals surface area contributed by atoms with E-state index in [2.05, 4.69) is 13.2 Å². The molecule has 0 spiro atoms. The van der Waals surface area contributed by atoms with Crippen molar-refractivity contribution in [2.75, 3.05) is 26.4 Å². The first-order valence-corrected chi connectivity index (χ1v) is 10.2. The second kappa shape index (κ2) is 14.5. The lowest BCUT2D eigenvalue weighted by Crippen LogP contribution is -2.17. The molecule has 0 heterocycles. The van der Waals surface area contributed by atoms with Crippen LogP contribution in [-0.4, -0.2) is 38.4 Å². The summed E-state index contributed by atoms with van der Waals surface area (Å²) in [6.45, 7) is 8.19. The van der Waals surface area contributed by atoms with Gasteiger partial charge in [-0.1, -0.05) is 72.8 Å². The molecule has 2 unspecified atom stereocenters. The number of ether oxygens (including phenoxy) is 4. The topological polar surface area (TPSA) is 71.1 Å². The van der Waals surface area contributed by atoms with Gasteiger partial charge in [0.25, 0.3) is 0 Å². The van der Waals surface area contributed by atoms with Crippen LogP contribution in [-0.2, 0) is 28.5 Å². The summed E-state index contributed by atoms with van der Waals surface area (Å²) in [5.41, 5.74) is 1.56. The summed E-state index contributed by atoms with van der Waals surface area (Å²) < 4.78 is 21.8. The van der Waals surface area contributed by atoms with Crippen LogP contribution in [0.15, 0.2) is 98.1 Å². The normalized spacial score (nSPS) is 12.6. The van der Waals surface area contributed by atoms with E-state index in [4.69, 9.17) is 18.9 Å². The highest BCUT2D eigenvalue weighted by atomic mass is 16.6. The molecule has 0 bridgehead atoms. The Bertz CT molecular complexity index is 802. The van der Waals surface area contributed by atoms with Crippen molar-refractivity contribution in [2.24, 2.45) is 0 Å². The van der Waals surface area contributed by atoms with Gasteiger partial charge in [0, 0.05) is 12.2 Å². The Balaban J connectivity index is 1.97. The number of hydrogen-bond donors (Lipinski definition) is 0. The molecule has 0 aliphatic carbocycles. The first kappa shape index (κ1) is 24.8. The Morgan fingerprint density at radius 2 is 1.06 bits per heavy atom. The number of rotatable bonds is 14. The molecule has 6 heteroatoms. The summed E-state index contributed by atoms with van der Waals surface area (Å²) in [7, 11) is 0. The van der Waals surface area contributed by atoms with E-state index >= 15 is 0 Å². The third kappa shape index (κ3) is 9.12. The molecule has 2 atom stereocenters. The lowest BCUT2D eigenvalue weighted by Gasteiger charge is -2.18. The molecule has 0 radical (unpaired) electrons. The molecule has 0 aliphatic rings. The van der Waals surface area contributed by atoms with Crippen molar-refractivity contribution in [2.45, 2.75) is 12.2 Å². The zero-order valence-corrected chi connectivity index (χ0v) is 17.9. The van der Waals surface area contributed by atoms with Crippen molar-refractivity contribution in [1.82, 2.24) is 0 Å². The smallest absolute Gasteiger partial charge is 0.331 e. The second-order valence-corrected chi connectivity index (χ2v) is 6.66. The van der Waals surface area contributed by atoms with E-state index in [0.717, 1.165) is 23.3 Å². The molecule has 0 fully saturated rings. The highest BCUT2D eigenvalue weighted by molar-refractivity contribution is 5.91. The fraction of sp³-hybridized carbons (Fsp3) is 0.231. The van der Waals surface area contributed by atoms with Crippen LogP contribution in [0, 0.1) is 0 Å². The molecule has 2 aromatic rings. The second-order valence-electron chi connectivity index (χ2n) is 6.66. The quantitative estimate of drug-likeness (QED) is 0.188. The molecule has 2 aromatic carbocycles. The Labute approximate surface area is 188 Å². The highest BCUT2D eigenvalue weighted by Gasteiger charge is 2.18. The molecule has 0 aliphatic heterocycles. The van der Waals surface area contributed by atoms with Crippen molar-refractivity contribution in [3.63, 3.8) is 0 Å². The van der Waals surface area contributed by atoms with Gasteiger partial charge in [-0.3, -0.25) is 0 Å². The minimum atomic E-state index is -0.683. The zero-order valence-electron chi connectivity index (χ0n) is 17.9. The molecular formula is C26H28O6. The van der Waals surface area contributed by atoms with E-state index in [1.165, 1.54) is 0 Å². The predicted molar refractivity (Wildman–Crippen MR) is 122 cm³/mol. The fourth-order valence-corrected chi connectivity index (χ4v) is 2.74. The Kier molecular flexibility index (Phi) is 11.2. The molecule has 0 saturated heterocycles. The molecular weight excluding hydrogens is 408 g/mol. The zero-order chi connectivity index (χ0) is 23.0. The SMILES string of the molecule is C=CCOCC(OC(=O)C=CC(=O)OC(COCC=C)c1ccccc1)c1ccccc1. The van der Waals surface area contributed by atoms with Gasteiger partial charge in [-0.15, -0.1) is 13.2 Å². The molecule has 0 N–H and O–H groups in total. The van der Waals surface area contributed by atoms with Crippen LogP contribution >= 0.6 is 0 Å². The van der Waals surface area contributed by atoms with Crippen LogP contribution in [0.3, 0.4) is 0 Å². The third-order valence-electron chi connectivity index (χ3n) is 4.22. The van der Waals surface area contributed by atoms with E-state index in [1.807, 2.05) is 60.7 Å². The van der Waals surface area contributed by atoms with Gasteiger partial charge in [0.15, 0.2) is 12.2 Å². The maximum atomic E-state index is 12.3. The Hall–Kier alpha value is -3.48. The van der Waals surface area contributed by atoms with E-state index < -0.39 is 24.1 Å². The molecule has 0 saturated carbocycles. The van der Waals surface area contributed by atoms with Crippen molar-refractivity contribution in [3.8, 4) is 0 Å². The molecule has 0 aromatic heterocycles.